The number of rotatable bonds is 7. The molecule has 0 unspecified atom stereocenters. The second-order valence-corrected chi connectivity index (χ2v) is 7.47. The Morgan fingerprint density at radius 2 is 1.74 bits per heavy atom. The Morgan fingerprint density at radius 1 is 1.06 bits per heavy atom. The van der Waals surface area contributed by atoms with Gasteiger partial charge in [-0.1, -0.05) is 12.1 Å². The van der Waals surface area contributed by atoms with E-state index in [-0.39, 0.29) is 34.8 Å². The number of carbonyl (C=O) groups is 5. The molecule has 0 bridgehead atoms. The lowest BCUT2D eigenvalue weighted by atomic mass is 10.0. The standard InChI is InChI=1S/C23H21N3O8/c1-3-32-22(30)17-15(24-23(31)25-18(17)16-9-6-10-33-16)11-34-21(29)12(2)26-19(27)13-7-4-5-8-14(13)20(26)28/h4-10,12,18H,3,11H2,1-2H3,(H2,24,25,31)/t12-,18+/m0/s1. The van der Waals surface area contributed by atoms with Gasteiger partial charge in [0.1, 0.15) is 24.5 Å². The maximum atomic E-state index is 12.8. The summed E-state index contributed by atoms with van der Waals surface area (Å²) in [7, 11) is 0. The highest BCUT2D eigenvalue weighted by Crippen LogP contribution is 2.29. The molecule has 176 valence electrons. The van der Waals surface area contributed by atoms with Crippen LogP contribution in [0.5, 0.6) is 0 Å². The monoisotopic (exact) mass is 467 g/mol. The normalized spacial score (nSPS) is 18.2. The van der Waals surface area contributed by atoms with E-state index < -0.39 is 48.5 Å². The molecule has 0 saturated carbocycles. The summed E-state index contributed by atoms with van der Waals surface area (Å²) < 4.78 is 15.7. The molecule has 2 N–H and O–H groups in total. The number of nitrogens with zero attached hydrogens (tertiary/aromatic N) is 1. The van der Waals surface area contributed by atoms with Crippen LogP contribution in [-0.4, -0.2) is 53.9 Å². The first-order valence-corrected chi connectivity index (χ1v) is 10.5. The van der Waals surface area contributed by atoms with Crippen molar-refractivity contribution in [2.75, 3.05) is 13.2 Å². The van der Waals surface area contributed by atoms with Gasteiger partial charge in [-0.05, 0) is 38.1 Å². The number of ether oxygens (including phenoxy) is 2. The lowest BCUT2D eigenvalue weighted by Gasteiger charge is -2.28. The van der Waals surface area contributed by atoms with E-state index in [1.54, 1.807) is 31.2 Å². The van der Waals surface area contributed by atoms with Crippen molar-refractivity contribution >= 4 is 29.8 Å². The number of hydrogen-bond acceptors (Lipinski definition) is 8. The van der Waals surface area contributed by atoms with Crippen molar-refractivity contribution in [2.45, 2.75) is 25.9 Å². The van der Waals surface area contributed by atoms with Gasteiger partial charge in [0, 0.05) is 0 Å². The Kier molecular flexibility index (Phi) is 6.17. The van der Waals surface area contributed by atoms with Gasteiger partial charge in [0.25, 0.3) is 11.8 Å². The van der Waals surface area contributed by atoms with E-state index >= 15 is 0 Å². The molecule has 0 saturated heterocycles. The lowest BCUT2D eigenvalue weighted by molar-refractivity contribution is -0.147. The molecule has 11 nitrogen and oxygen atoms in total. The van der Waals surface area contributed by atoms with Crippen molar-refractivity contribution in [1.29, 1.82) is 0 Å². The fourth-order valence-corrected chi connectivity index (χ4v) is 3.78. The van der Waals surface area contributed by atoms with Gasteiger partial charge in [0.2, 0.25) is 0 Å². The quantitative estimate of drug-likeness (QED) is 0.462. The van der Waals surface area contributed by atoms with Gasteiger partial charge < -0.3 is 24.5 Å². The predicted molar refractivity (Wildman–Crippen MR) is 114 cm³/mol. The van der Waals surface area contributed by atoms with Crippen LogP contribution in [0.1, 0.15) is 46.4 Å². The molecule has 2 atom stereocenters. The molecular formula is C23H21N3O8. The topological polar surface area (TPSA) is 144 Å². The minimum atomic E-state index is -1.24. The summed E-state index contributed by atoms with van der Waals surface area (Å²) in [6, 6.07) is 6.56. The Morgan fingerprint density at radius 3 is 2.32 bits per heavy atom. The van der Waals surface area contributed by atoms with E-state index in [0.717, 1.165) is 4.90 Å². The molecule has 11 heteroatoms. The van der Waals surface area contributed by atoms with Crippen molar-refractivity contribution in [1.82, 2.24) is 15.5 Å². The molecule has 1 aromatic carbocycles. The third-order valence-corrected chi connectivity index (χ3v) is 5.39. The third kappa shape index (κ3) is 4.03. The molecule has 34 heavy (non-hydrogen) atoms. The number of urea groups is 1. The molecular weight excluding hydrogens is 446 g/mol. The zero-order valence-electron chi connectivity index (χ0n) is 18.3. The van der Waals surface area contributed by atoms with Gasteiger partial charge >= 0.3 is 18.0 Å². The van der Waals surface area contributed by atoms with Crippen LogP contribution in [0.15, 0.2) is 58.3 Å². The highest BCUT2D eigenvalue weighted by molar-refractivity contribution is 6.22. The smallest absolute Gasteiger partial charge is 0.338 e. The van der Waals surface area contributed by atoms with Crippen molar-refractivity contribution < 1.29 is 37.9 Å². The van der Waals surface area contributed by atoms with Gasteiger partial charge in [-0.3, -0.25) is 14.5 Å². The Hall–Kier alpha value is -4.41. The lowest BCUT2D eigenvalue weighted by Crippen LogP contribution is -2.48. The fourth-order valence-electron chi connectivity index (χ4n) is 3.78. The summed E-state index contributed by atoms with van der Waals surface area (Å²) >= 11 is 0. The molecule has 1 aromatic heterocycles. The molecule has 3 heterocycles. The van der Waals surface area contributed by atoms with Crippen LogP contribution in [0, 0.1) is 0 Å². The summed E-state index contributed by atoms with van der Waals surface area (Å²) in [5.41, 5.74) is 0.391. The van der Waals surface area contributed by atoms with Crippen LogP contribution in [0.2, 0.25) is 0 Å². The zero-order valence-corrected chi connectivity index (χ0v) is 18.3. The Labute approximate surface area is 193 Å². The number of benzene rings is 1. The molecule has 0 fully saturated rings. The van der Waals surface area contributed by atoms with E-state index in [4.69, 9.17) is 13.9 Å². The van der Waals surface area contributed by atoms with Crippen molar-refractivity contribution in [2.24, 2.45) is 0 Å². The maximum Gasteiger partial charge on any atom is 0.338 e. The Balaban J connectivity index is 1.55. The molecule has 4 amide bonds. The van der Waals surface area contributed by atoms with Crippen molar-refractivity contribution in [3.63, 3.8) is 0 Å². The number of furan rings is 1. The molecule has 4 rings (SSSR count). The number of hydrogen-bond donors (Lipinski definition) is 2. The average Bonchev–Trinajstić information content (AvgIpc) is 3.44. The highest BCUT2D eigenvalue weighted by atomic mass is 16.5. The fraction of sp³-hybridized carbons (Fsp3) is 0.261. The number of fused-ring (bicyclic) bond motifs is 1. The van der Waals surface area contributed by atoms with Crippen LogP contribution in [0.4, 0.5) is 4.79 Å². The largest absolute Gasteiger partial charge is 0.467 e. The van der Waals surface area contributed by atoms with E-state index in [9.17, 15) is 24.0 Å². The maximum absolute atomic E-state index is 12.8. The van der Waals surface area contributed by atoms with E-state index in [1.165, 1.54) is 25.3 Å². The van der Waals surface area contributed by atoms with E-state index in [2.05, 4.69) is 10.6 Å². The molecule has 2 aliphatic heterocycles. The predicted octanol–water partition coefficient (Wildman–Crippen LogP) is 1.68. The summed E-state index contributed by atoms with van der Waals surface area (Å²) in [4.78, 5) is 63.7. The highest BCUT2D eigenvalue weighted by Gasteiger charge is 2.42. The third-order valence-electron chi connectivity index (χ3n) is 5.39. The number of amides is 4. The van der Waals surface area contributed by atoms with Crippen LogP contribution >= 0.6 is 0 Å². The van der Waals surface area contributed by atoms with Gasteiger partial charge in [-0.2, -0.15) is 0 Å². The second-order valence-electron chi connectivity index (χ2n) is 7.47. The summed E-state index contributed by atoms with van der Waals surface area (Å²) in [5.74, 6) is -2.57. The number of carbonyl (C=O) groups excluding carboxylic acids is 5. The van der Waals surface area contributed by atoms with Gasteiger partial charge in [0.05, 0.1) is 35.3 Å². The van der Waals surface area contributed by atoms with Crippen LogP contribution in [0.3, 0.4) is 0 Å². The summed E-state index contributed by atoms with van der Waals surface area (Å²) in [5, 5.41) is 5.03. The first-order chi connectivity index (χ1) is 16.3. The molecule has 0 aliphatic carbocycles. The van der Waals surface area contributed by atoms with Crippen LogP contribution < -0.4 is 10.6 Å². The number of imide groups is 1. The van der Waals surface area contributed by atoms with Gasteiger partial charge in [0.15, 0.2) is 0 Å². The molecule has 0 radical (unpaired) electrons. The first kappa shape index (κ1) is 22.8. The van der Waals surface area contributed by atoms with Gasteiger partial charge in [-0.25, -0.2) is 14.4 Å². The average molecular weight is 467 g/mol. The summed E-state index contributed by atoms with van der Waals surface area (Å²) in [6.45, 7) is 2.55. The van der Waals surface area contributed by atoms with E-state index in [0.29, 0.717) is 0 Å². The number of nitrogens with one attached hydrogen (secondary N) is 2. The summed E-state index contributed by atoms with van der Waals surface area (Å²) in [6.07, 6.45) is 1.38. The van der Waals surface area contributed by atoms with Gasteiger partial charge in [-0.15, -0.1) is 0 Å². The number of esters is 2. The van der Waals surface area contributed by atoms with E-state index in [1.807, 2.05) is 0 Å². The Bertz CT molecular complexity index is 1170. The van der Waals surface area contributed by atoms with Crippen LogP contribution in [-0.2, 0) is 19.1 Å². The van der Waals surface area contributed by atoms with Crippen molar-refractivity contribution in [3.8, 4) is 0 Å². The van der Waals surface area contributed by atoms with Crippen molar-refractivity contribution in [3.05, 3.63) is 70.8 Å². The minimum absolute atomic E-state index is 0.00224. The first-order valence-electron chi connectivity index (χ1n) is 10.5. The second kappa shape index (κ2) is 9.22. The molecule has 0 spiro atoms. The van der Waals surface area contributed by atoms with Crippen LogP contribution in [0.25, 0.3) is 0 Å². The molecule has 2 aliphatic rings. The zero-order chi connectivity index (χ0) is 24.4. The minimum Gasteiger partial charge on any atom is -0.467 e. The SMILES string of the molecule is CCOC(=O)C1=C(COC(=O)[C@H](C)N2C(=O)c3ccccc3C2=O)NC(=O)N[C@@H]1c1ccco1. The molecule has 2 aromatic rings.